The number of thioether (sulfide) groups is 1. The Morgan fingerprint density at radius 1 is 1.18 bits per heavy atom. The third kappa shape index (κ3) is 3.20. The van der Waals surface area contributed by atoms with Crippen LogP contribution in [0.5, 0.6) is 5.88 Å². The standard InChI is InChI=1S/C17H17BrN2OS/c18-12-7-5-11(6-8-12)10-22-17-14-4-2-1-3-13(14)15(9-19)16(21)20-17/h5-9,19H,1-4,10H2,(H,20,21). The largest absolute Gasteiger partial charge is 0.493 e. The van der Waals surface area contributed by atoms with Gasteiger partial charge in [-0.05, 0) is 54.5 Å². The first-order valence-corrected chi connectivity index (χ1v) is 9.09. The van der Waals surface area contributed by atoms with Crippen molar-refractivity contribution < 1.29 is 5.11 Å². The Kier molecular flexibility index (Phi) is 4.84. The molecule has 3 rings (SSSR count). The number of rotatable bonds is 4. The van der Waals surface area contributed by atoms with Crippen molar-refractivity contribution in [3.63, 3.8) is 0 Å². The fourth-order valence-electron chi connectivity index (χ4n) is 2.80. The molecule has 2 N–H and O–H groups in total. The maximum absolute atomic E-state index is 10.1. The maximum atomic E-state index is 10.1. The van der Waals surface area contributed by atoms with E-state index in [1.807, 2.05) is 12.1 Å². The third-order valence-electron chi connectivity index (χ3n) is 3.93. The normalized spacial score (nSPS) is 13.7. The number of hydrogen-bond donors (Lipinski definition) is 2. The Labute approximate surface area is 142 Å². The molecule has 0 radical (unpaired) electrons. The van der Waals surface area contributed by atoms with Gasteiger partial charge in [-0.25, -0.2) is 4.98 Å². The number of aromatic hydroxyl groups is 1. The van der Waals surface area contributed by atoms with Crippen molar-refractivity contribution in [2.45, 2.75) is 36.5 Å². The monoisotopic (exact) mass is 376 g/mol. The highest BCUT2D eigenvalue weighted by molar-refractivity contribution is 9.10. The molecule has 1 aromatic carbocycles. The molecule has 0 saturated carbocycles. The van der Waals surface area contributed by atoms with Gasteiger partial charge in [-0.1, -0.05) is 28.1 Å². The fourth-order valence-corrected chi connectivity index (χ4v) is 4.11. The molecule has 22 heavy (non-hydrogen) atoms. The summed E-state index contributed by atoms with van der Waals surface area (Å²) in [6, 6.07) is 8.26. The second-order valence-corrected chi connectivity index (χ2v) is 7.26. The van der Waals surface area contributed by atoms with Crippen LogP contribution in [0.1, 0.15) is 35.1 Å². The Morgan fingerprint density at radius 3 is 2.55 bits per heavy atom. The molecule has 0 aliphatic heterocycles. The molecule has 1 aliphatic rings. The minimum absolute atomic E-state index is 0.00560. The van der Waals surface area contributed by atoms with Crippen LogP contribution in [0.2, 0.25) is 0 Å². The van der Waals surface area contributed by atoms with E-state index < -0.39 is 0 Å². The van der Waals surface area contributed by atoms with E-state index in [-0.39, 0.29) is 5.88 Å². The number of nitrogens with zero attached hydrogens (tertiary/aromatic N) is 1. The van der Waals surface area contributed by atoms with Gasteiger partial charge in [0.25, 0.3) is 0 Å². The molecule has 1 aliphatic carbocycles. The summed E-state index contributed by atoms with van der Waals surface area (Å²) in [7, 11) is 0. The minimum atomic E-state index is -0.00560. The summed E-state index contributed by atoms with van der Waals surface area (Å²) >= 11 is 5.11. The molecule has 0 amide bonds. The second-order valence-electron chi connectivity index (χ2n) is 5.38. The van der Waals surface area contributed by atoms with Gasteiger partial charge in [0.1, 0.15) is 5.03 Å². The number of fused-ring (bicyclic) bond motifs is 1. The van der Waals surface area contributed by atoms with Crippen molar-refractivity contribution in [3.8, 4) is 5.88 Å². The molecular weight excluding hydrogens is 360 g/mol. The molecule has 0 atom stereocenters. The fraction of sp³-hybridized carbons (Fsp3) is 0.294. The lowest BCUT2D eigenvalue weighted by Gasteiger charge is -2.21. The second kappa shape index (κ2) is 6.84. The SMILES string of the molecule is N=Cc1c(O)nc(SCc2ccc(Br)cc2)c2c1CCCC2. The highest BCUT2D eigenvalue weighted by atomic mass is 79.9. The molecule has 0 unspecified atom stereocenters. The van der Waals surface area contributed by atoms with E-state index in [9.17, 15) is 5.11 Å². The quantitative estimate of drug-likeness (QED) is 0.599. The van der Waals surface area contributed by atoms with Crippen LogP contribution in [0.25, 0.3) is 0 Å². The van der Waals surface area contributed by atoms with Crippen molar-refractivity contribution in [2.24, 2.45) is 0 Å². The first-order valence-electron chi connectivity index (χ1n) is 7.31. The molecule has 3 nitrogen and oxygen atoms in total. The molecule has 1 aromatic heterocycles. The van der Waals surface area contributed by atoms with Crippen molar-refractivity contribution in [3.05, 3.63) is 51.0 Å². The van der Waals surface area contributed by atoms with Gasteiger partial charge in [-0.3, -0.25) is 0 Å². The zero-order chi connectivity index (χ0) is 15.5. The number of hydrogen-bond acceptors (Lipinski definition) is 4. The lowest BCUT2D eigenvalue weighted by Crippen LogP contribution is -2.10. The predicted molar refractivity (Wildman–Crippen MR) is 94.1 cm³/mol. The average Bonchev–Trinajstić information content (AvgIpc) is 2.54. The van der Waals surface area contributed by atoms with Crippen molar-refractivity contribution in [2.75, 3.05) is 0 Å². The van der Waals surface area contributed by atoms with Gasteiger partial charge < -0.3 is 10.5 Å². The molecule has 0 saturated heterocycles. The number of nitrogens with one attached hydrogen (secondary N) is 1. The highest BCUT2D eigenvalue weighted by Crippen LogP contribution is 2.36. The van der Waals surface area contributed by atoms with Crippen LogP contribution in [0.15, 0.2) is 33.8 Å². The first-order chi connectivity index (χ1) is 10.7. The molecule has 0 spiro atoms. The molecule has 0 fully saturated rings. The summed E-state index contributed by atoms with van der Waals surface area (Å²) < 4.78 is 1.07. The highest BCUT2D eigenvalue weighted by Gasteiger charge is 2.21. The Morgan fingerprint density at radius 2 is 1.86 bits per heavy atom. The summed E-state index contributed by atoms with van der Waals surface area (Å²) in [5, 5.41) is 18.5. The molecule has 2 aromatic rings. The molecule has 5 heteroatoms. The third-order valence-corrected chi connectivity index (χ3v) is 5.55. The van der Waals surface area contributed by atoms with E-state index in [0.717, 1.165) is 46.5 Å². The van der Waals surface area contributed by atoms with Gasteiger partial charge in [0.05, 0.1) is 5.56 Å². The lowest BCUT2D eigenvalue weighted by atomic mass is 9.90. The summed E-state index contributed by atoms with van der Waals surface area (Å²) in [6.07, 6.45) is 5.43. The van der Waals surface area contributed by atoms with E-state index in [4.69, 9.17) is 5.41 Å². The van der Waals surface area contributed by atoms with Crippen molar-refractivity contribution in [1.29, 1.82) is 5.41 Å². The van der Waals surface area contributed by atoms with Crippen LogP contribution in [-0.2, 0) is 18.6 Å². The van der Waals surface area contributed by atoms with Gasteiger partial charge in [-0.2, -0.15) is 0 Å². The van der Waals surface area contributed by atoms with E-state index >= 15 is 0 Å². The van der Waals surface area contributed by atoms with E-state index in [2.05, 4.69) is 33.0 Å². The molecule has 1 heterocycles. The van der Waals surface area contributed by atoms with Gasteiger partial charge >= 0.3 is 0 Å². The van der Waals surface area contributed by atoms with Crippen LogP contribution < -0.4 is 0 Å². The maximum Gasteiger partial charge on any atom is 0.221 e. The molecule has 0 bridgehead atoms. The van der Waals surface area contributed by atoms with E-state index in [0.29, 0.717) is 5.56 Å². The summed E-state index contributed by atoms with van der Waals surface area (Å²) in [5.74, 6) is 0.824. The zero-order valence-corrected chi connectivity index (χ0v) is 14.5. The molecular formula is C17H17BrN2OS. The Hall–Kier alpha value is -1.33. The Bertz CT molecular complexity index is 701. The number of benzene rings is 1. The number of aromatic nitrogens is 1. The summed E-state index contributed by atoms with van der Waals surface area (Å²) in [4.78, 5) is 4.35. The van der Waals surface area contributed by atoms with Crippen LogP contribution in [-0.4, -0.2) is 16.3 Å². The van der Waals surface area contributed by atoms with Gasteiger partial charge in [-0.15, -0.1) is 11.8 Å². The minimum Gasteiger partial charge on any atom is -0.493 e. The first kappa shape index (κ1) is 15.6. The topological polar surface area (TPSA) is 57.0 Å². The van der Waals surface area contributed by atoms with Crippen molar-refractivity contribution >= 4 is 33.9 Å². The average molecular weight is 377 g/mol. The smallest absolute Gasteiger partial charge is 0.221 e. The number of halogens is 1. The van der Waals surface area contributed by atoms with E-state index in [1.165, 1.54) is 17.3 Å². The summed E-state index contributed by atoms with van der Waals surface area (Å²) in [6.45, 7) is 0. The summed E-state index contributed by atoms with van der Waals surface area (Å²) in [5.41, 5.74) is 4.18. The predicted octanol–water partition coefficient (Wildman–Crippen LogP) is 4.72. The zero-order valence-electron chi connectivity index (χ0n) is 12.1. The van der Waals surface area contributed by atoms with Gasteiger partial charge in [0.2, 0.25) is 5.88 Å². The van der Waals surface area contributed by atoms with Crippen LogP contribution >= 0.6 is 27.7 Å². The lowest BCUT2D eigenvalue weighted by molar-refractivity contribution is 0.443. The number of pyridine rings is 1. The van der Waals surface area contributed by atoms with Gasteiger partial charge in [0, 0.05) is 16.4 Å². The Balaban J connectivity index is 1.88. The molecule has 114 valence electrons. The van der Waals surface area contributed by atoms with Gasteiger partial charge in [0.15, 0.2) is 0 Å². The van der Waals surface area contributed by atoms with Crippen LogP contribution in [0, 0.1) is 5.41 Å². The van der Waals surface area contributed by atoms with Crippen LogP contribution in [0.3, 0.4) is 0 Å². The van der Waals surface area contributed by atoms with E-state index in [1.54, 1.807) is 11.8 Å². The van der Waals surface area contributed by atoms with Crippen LogP contribution in [0.4, 0.5) is 0 Å². The van der Waals surface area contributed by atoms with Crippen molar-refractivity contribution in [1.82, 2.24) is 4.98 Å².